The Morgan fingerprint density at radius 1 is 1.14 bits per heavy atom. The Morgan fingerprint density at radius 3 is 2.66 bits per heavy atom. The molecule has 2 amide bonds. The number of nitrogens with one attached hydrogen (secondary N) is 2. The first-order valence-electron chi connectivity index (χ1n) is 9.36. The highest BCUT2D eigenvalue weighted by Gasteiger charge is 2.16. The van der Waals surface area contributed by atoms with Gasteiger partial charge < -0.3 is 20.1 Å². The zero-order valence-corrected chi connectivity index (χ0v) is 16.7. The van der Waals surface area contributed by atoms with Gasteiger partial charge in [0.15, 0.2) is 11.5 Å². The summed E-state index contributed by atoms with van der Waals surface area (Å²) >= 11 is 5.86. The van der Waals surface area contributed by atoms with Crippen molar-refractivity contribution in [1.82, 2.24) is 10.6 Å². The van der Waals surface area contributed by atoms with Gasteiger partial charge in [-0.05, 0) is 42.8 Å². The minimum Gasteiger partial charge on any atom is -0.490 e. The number of carbonyl (C=O) groups excluding carboxylic acids is 2. The number of hydrogen-bond donors (Lipinski definition) is 2. The van der Waals surface area contributed by atoms with Gasteiger partial charge in [0.2, 0.25) is 5.91 Å². The molecule has 1 heterocycles. The summed E-state index contributed by atoms with van der Waals surface area (Å²) in [7, 11) is 0. The molecular formula is C21H22ClFN2O4. The molecule has 154 valence electrons. The third-order valence-electron chi connectivity index (χ3n) is 4.46. The van der Waals surface area contributed by atoms with Crippen molar-refractivity contribution in [3.63, 3.8) is 0 Å². The Kier molecular flexibility index (Phi) is 6.93. The molecule has 2 aromatic rings. The molecule has 0 saturated carbocycles. The van der Waals surface area contributed by atoms with E-state index in [1.165, 1.54) is 6.07 Å². The van der Waals surface area contributed by atoms with Crippen LogP contribution in [0.3, 0.4) is 0 Å². The Hall–Kier alpha value is -2.80. The summed E-state index contributed by atoms with van der Waals surface area (Å²) in [4.78, 5) is 24.3. The second kappa shape index (κ2) is 9.60. The van der Waals surface area contributed by atoms with Gasteiger partial charge in [-0.2, -0.15) is 0 Å². The van der Waals surface area contributed by atoms with Crippen molar-refractivity contribution in [2.75, 3.05) is 19.8 Å². The van der Waals surface area contributed by atoms with E-state index in [-0.39, 0.29) is 35.5 Å². The van der Waals surface area contributed by atoms with Gasteiger partial charge in [0, 0.05) is 19.4 Å². The van der Waals surface area contributed by atoms with Gasteiger partial charge in [0.05, 0.1) is 29.8 Å². The van der Waals surface area contributed by atoms with Crippen LogP contribution in [0, 0.1) is 5.82 Å². The van der Waals surface area contributed by atoms with Gasteiger partial charge in [-0.3, -0.25) is 9.59 Å². The van der Waals surface area contributed by atoms with Crippen LogP contribution < -0.4 is 20.1 Å². The fourth-order valence-electron chi connectivity index (χ4n) is 2.90. The number of benzene rings is 2. The van der Waals surface area contributed by atoms with Crippen LogP contribution in [0.5, 0.6) is 11.5 Å². The normalized spacial score (nSPS) is 13.9. The zero-order valence-electron chi connectivity index (χ0n) is 16.0. The topological polar surface area (TPSA) is 76.7 Å². The third-order valence-corrected chi connectivity index (χ3v) is 4.78. The van der Waals surface area contributed by atoms with E-state index < -0.39 is 11.7 Å². The summed E-state index contributed by atoms with van der Waals surface area (Å²) in [5, 5.41) is 5.52. The monoisotopic (exact) mass is 420 g/mol. The highest BCUT2D eigenvalue weighted by molar-refractivity contribution is 6.33. The molecule has 0 aromatic heterocycles. The first-order valence-corrected chi connectivity index (χ1v) is 9.74. The average Bonchev–Trinajstić information content (AvgIpc) is 2.92. The number of hydrogen-bond acceptors (Lipinski definition) is 4. The molecule has 0 spiro atoms. The minimum absolute atomic E-state index is 0.0231. The van der Waals surface area contributed by atoms with Crippen LogP contribution in [-0.4, -0.2) is 31.6 Å². The predicted octanol–water partition coefficient (Wildman–Crippen LogP) is 3.64. The fraction of sp³-hybridized carbons (Fsp3) is 0.333. The Bertz CT molecular complexity index is 906. The lowest BCUT2D eigenvalue weighted by atomic mass is 10.1. The van der Waals surface area contributed by atoms with E-state index in [2.05, 4.69) is 10.6 Å². The summed E-state index contributed by atoms with van der Waals surface area (Å²) < 4.78 is 24.3. The zero-order chi connectivity index (χ0) is 20.8. The molecule has 29 heavy (non-hydrogen) atoms. The number of halogens is 2. The molecule has 0 fully saturated rings. The average molecular weight is 421 g/mol. The highest BCUT2D eigenvalue weighted by Crippen LogP contribution is 2.32. The van der Waals surface area contributed by atoms with Crippen molar-refractivity contribution in [2.24, 2.45) is 0 Å². The lowest BCUT2D eigenvalue weighted by Gasteiger charge is -2.16. The van der Waals surface area contributed by atoms with Crippen molar-refractivity contribution in [3.8, 4) is 11.5 Å². The van der Waals surface area contributed by atoms with Crippen molar-refractivity contribution in [1.29, 1.82) is 0 Å². The summed E-state index contributed by atoms with van der Waals surface area (Å²) in [6, 6.07) is 8.89. The molecule has 0 aliphatic carbocycles. The van der Waals surface area contributed by atoms with Crippen molar-refractivity contribution in [2.45, 2.75) is 25.8 Å². The molecular weight excluding hydrogens is 399 g/mol. The van der Waals surface area contributed by atoms with Gasteiger partial charge in [0.1, 0.15) is 5.82 Å². The largest absolute Gasteiger partial charge is 0.490 e. The number of fused-ring (bicyclic) bond motifs is 1. The number of amides is 2. The molecule has 0 bridgehead atoms. The molecule has 1 aliphatic heterocycles. The maximum Gasteiger partial charge on any atom is 0.252 e. The molecule has 1 atom stereocenters. The van der Waals surface area contributed by atoms with E-state index in [9.17, 15) is 14.0 Å². The Morgan fingerprint density at radius 2 is 1.90 bits per heavy atom. The molecule has 1 unspecified atom stereocenters. The molecule has 3 rings (SSSR count). The lowest BCUT2D eigenvalue weighted by Crippen LogP contribution is -2.32. The van der Waals surface area contributed by atoms with Gasteiger partial charge in [-0.25, -0.2) is 4.39 Å². The highest BCUT2D eigenvalue weighted by atomic mass is 35.5. The minimum atomic E-state index is -0.519. The van der Waals surface area contributed by atoms with E-state index in [1.54, 1.807) is 0 Å². The SMILES string of the molecule is CC(NC(=O)CCNC(=O)c1ccc(F)cc1Cl)c1ccc2c(c1)OCCCO2. The van der Waals surface area contributed by atoms with Crippen LogP contribution in [0.25, 0.3) is 0 Å². The Balaban J connectivity index is 1.49. The van der Waals surface area contributed by atoms with E-state index in [0.29, 0.717) is 24.7 Å². The van der Waals surface area contributed by atoms with Crippen LogP contribution in [0.2, 0.25) is 5.02 Å². The summed E-state index contributed by atoms with van der Waals surface area (Å²) in [5.74, 6) is 0.181. The quantitative estimate of drug-likeness (QED) is 0.748. The predicted molar refractivity (Wildman–Crippen MR) is 107 cm³/mol. The van der Waals surface area contributed by atoms with Crippen LogP contribution in [0.4, 0.5) is 4.39 Å². The molecule has 1 aliphatic rings. The summed E-state index contributed by atoms with van der Waals surface area (Å²) in [6.45, 7) is 3.21. The maximum absolute atomic E-state index is 13.1. The molecule has 6 nitrogen and oxygen atoms in total. The van der Waals surface area contributed by atoms with E-state index in [1.807, 2.05) is 25.1 Å². The second-order valence-corrected chi connectivity index (χ2v) is 7.08. The number of carbonyl (C=O) groups is 2. The fourth-order valence-corrected chi connectivity index (χ4v) is 3.16. The van der Waals surface area contributed by atoms with E-state index in [4.69, 9.17) is 21.1 Å². The van der Waals surface area contributed by atoms with Crippen molar-refractivity contribution < 1.29 is 23.5 Å². The first kappa shape index (κ1) is 20.9. The van der Waals surface area contributed by atoms with Crippen molar-refractivity contribution in [3.05, 3.63) is 58.4 Å². The molecule has 2 N–H and O–H groups in total. The molecule has 0 radical (unpaired) electrons. The van der Waals surface area contributed by atoms with E-state index >= 15 is 0 Å². The van der Waals surface area contributed by atoms with Gasteiger partial charge in [-0.1, -0.05) is 17.7 Å². The van der Waals surface area contributed by atoms with Gasteiger partial charge in [-0.15, -0.1) is 0 Å². The first-order chi connectivity index (χ1) is 13.9. The van der Waals surface area contributed by atoms with Crippen LogP contribution in [-0.2, 0) is 4.79 Å². The van der Waals surface area contributed by atoms with Crippen molar-refractivity contribution >= 4 is 23.4 Å². The standard InChI is InChI=1S/C21H22ClFN2O4/c1-13(14-3-6-18-19(11-14)29-10-2-9-28-18)25-20(26)7-8-24-21(27)16-5-4-15(23)12-17(16)22/h3-6,11-13H,2,7-10H2,1H3,(H,24,27)(H,25,26). The molecule has 0 saturated heterocycles. The smallest absolute Gasteiger partial charge is 0.252 e. The summed E-state index contributed by atoms with van der Waals surface area (Å²) in [6.07, 6.45) is 0.921. The van der Waals surface area contributed by atoms with Gasteiger partial charge in [0.25, 0.3) is 5.91 Å². The molecule has 8 heteroatoms. The van der Waals surface area contributed by atoms with Crippen LogP contribution in [0.15, 0.2) is 36.4 Å². The number of ether oxygens (including phenoxy) is 2. The van der Waals surface area contributed by atoms with Gasteiger partial charge >= 0.3 is 0 Å². The number of rotatable bonds is 6. The third kappa shape index (κ3) is 5.60. The Labute approximate surface area is 173 Å². The summed E-state index contributed by atoms with van der Waals surface area (Å²) in [5.41, 5.74) is 1.05. The lowest BCUT2D eigenvalue weighted by molar-refractivity contribution is -0.121. The maximum atomic E-state index is 13.1. The van der Waals surface area contributed by atoms with Crippen LogP contribution in [0.1, 0.15) is 41.7 Å². The second-order valence-electron chi connectivity index (χ2n) is 6.68. The molecule has 2 aromatic carbocycles. The van der Waals surface area contributed by atoms with E-state index in [0.717, 1.165) is 24.1 Å². The van der Waals surface area contributed by atoms with Crippen LogP contribution >= 0.6 is 11.6 Å².